The molecule has 298 valence electrons. The molecule has 0 spiro atoms. The van der Waals surface area contributed by atoms with Crippen molar-refractivity contribution in [3.05, 3.63) is 0 Å². The van der Waals surface area contributed by atoms with Crippen LogP contribution >= 0.6 is 0 Å². The fraction of sp³-hybridized carbons (Fsp3) is 0.955. The fourth-order valence-corrected chi connectivity index (χ4v) is 9.91. The average molecular weight is 720 g/mol. The molecule has 1 N–H and O–H groups in total. The molecule has 4 aliphatic carbocycles. The van der Waals surface area contributed by atoms with Gasteiger partial charge in [-0.3, -0.25) is 4.79 Å². The van der Waals surface area contributed by atoms with Gasteiger partial charge in [-0.2, -0.15) is 0 Å². The van der Waals surface area contributed by atoms with Crippen LogP contribution in [0.25, 0.3) is 0 Å². The second-order valence-corrected chi connectivity index (χ2v) is 17.2. The van der Waals surface area contributed by atoms with E-state index >= 15 is 0 Å². The highest BCUT2D eigenvalue weighted by Crippen LogP contribution is 2.60. The quantitative estimate of drug-likeness (QED) is 0.0534. The van der Waals surface area contributed by atoms with Crippen molar-refractivity contribution < 1.29 is 28.9 Å². The Morgan fingerprint density at radius 2 is 1.12 bits per heavy atom. The van der Waals surface area contributed by atoms with Gasteiger partial charge in [-0.05, 0) is 127 Å². The van der Waals surface area contributed by atoms with Crippen molar-refractivity contribution in [2.45, 2.75) is 206 Å². The molecule has 0 aromatic carbocycles. The monoisotopic (exact) mass is 720 g/mol. The first-order valence-corrected chi connectivity index (χ1v) is 22.3. The summed E-state index contributed by atoms with van der Waals surface area (Å²) < 4.78 is 17.1. The Morgan fingerprint density at radius 3 is 1.67 bits per heavy atom. The van der Waals surface area contributed by atoms with Crippen molar-refractivity contribution >= 4 is 12.1 Å². The molecule has 0 heterocycles. The van der Waals surface area contributed by atoms with E-state index in [1.54, 1.807) is 0 Å². The number of carbonyl (C=O) groups excluding carboxylic acids is 2. The number of rotatable bonds is 33. The number of unbranched alkanes of at least 4 members (excludes halogenated alkanes) is 16. The highest BCUT2D eigenvalue weighted by atomic mass is 16.7. The van der Waals surface area contributed by atoms with E-state index in [0.29, 0.717) is 26.2 Å². The van der Waals surface area contributed by atoms with Crippen LogP contribution in [-0.4, -0.2) is 67.7 Å². The highest BCUT2D eigenvalue weighted by Gasteiger charge is 2.51. The van der Waals surface area contributed by atoms with Crippen LogP contribution in [-0.2, 0) is 19.0 Å². The first-order chi connectivity index (χ1) is 24.9. The molecule has 7 heteroatoms. The summed E-state index contributed by atoms with van der Waals surface area (Å²) in [5.74, 6) is 2.59. The van der Waals surface area contributed by atoms with E-state index in [-0.39, 0.29) is 24.1 Å². The van der Waals surface area contributed by atoms with Crippen LogP contribution in [0.15, 0.2) is 0 Å². The normalized spacial score (nSPS) is 22.3. The molecule has 0 aromatic heterocycles. The minimum absolute atomic E-state index is 0.00546. The summed E-state index contributed by atoms with van der Waals surface area (Å²) in [6, 6.07) is 0. The van der Waals surface area contributed by atoms with Crippen LogP contribution in [0, 0.1) is 23.2 Å². The summed E-state index contributed by atoms with van der Waals surface area (Å²) >= 11 is 0. The molecule has 7 nitrogen and oxygen atoms in total. The maximum atomic E-state index is 12.7. The van der Waals surface area contributed by atoms with E-state index in [1.165, 1.54) is 116 Å². The van der Waals surface area contributed by atoms with Gasteiger partial charge < -0.3 is 24.2 Å². The van der Waals surface area contributed by atoms with Crippen LogP contribution < -0.4 is 0 Å². The molecule has 4 bridgehead atoms. The molecular formula is C44H81NO6. The average Bonchev–Trinajstić information content (AvgIpc) is 3.10. The van der Waals surface area contributed by atoms with E-state index < -0.39 is 6.16 Å². The lowest BCUT2D eigenvalue weighted by molar-refractivity contribution is -0.150. The lowest BCUT2D eigenvalue weighted by atomic mass is 9.50. The zero-order valence-electron chi connectivity index (χ0n) is 33.5. The van der Waals surface area contributed by atoms with Gasteiger partial charge in [0.2, 0.25) is 0 Å². The molecule has 4 aliphatic rings. The topological polar surface area (TPSA) is 85.3 Å². The van der Waals surface area contributed by atoms with Crippen molar-refractivity contribution in [2.75, 3.05) is 39.5 Å². The largest absolute Gasteiger partial charge is 0.508 e. The summed E-state index contributed by atoms with van der Waals surface area (Å²) in [6.45, 7) is 8.33. The molecular weight excluding hydrogens is 638 g/mol. The van der Waals surface area contributed by atoms with Crippen molar-refractivity contribution in [2.24, 2.45) is 23.2 Å². The molecule has 51 heavy (non-hydrogen) atoms. The molecule has 4 rings (SSSR count). The van der Waals surface area contributed by atoms with Gasteiger partial charge in [0, 0.05) is 18.4 Å². The van der Waals surface area contributed by atoms with Crippen LogP contribution in [0.4, 0.5) is 4.79 Å². The van der Waals surface area contributed by atoms with Crippen LogP contribution in [0.5, 0.6) is 0 Å². The molecule has 0 unspecified atom stereocenters. The number of nitrogens with zero attached hydrogens (tertiary/aromatic N) is 1. The number of esters is 1. The summed E-state index contributed by atoms with van der Waals surface area (Å²) in [5, 5.41) is 9.57. The Balaban J connectivity index is 1.16. The van der Waals surface area contributed by atoms with Crippen molar-refractivity contribution in [1.29, 1.82) is 0 Å². The summed E-state index contributed by atoms with van der Waals surface area (Å²) in [5.41, 5.74) is 0.237. The standard InChI is InChI=1S/C44H81NO6/c1-3-5-7-9-12-17-23-41(24-18-13-10-8-6-4-2)51-42(47)25-19-14-11-15-20-26-45(28-29-46)27-21-16-22-30-49-43(48)50-37-44-34-38-31-39(35-44)33-40(32-38)36-44/h38-41,46H,3-37H2,1-2H3. The predicted molar refractivity (Wildman–Crippen MR) is 209 cm³/mol. The summed E-state index contributed by atoms with van der Waals surface area (Å²) in [7, 11) is 0. The van der Waals surface area contributed by atoms with Gasteiger partial charge in [0.15, 0.2) is 0 Å². The van der Waals surface area contributed by atoms with E-state index in [2.05, 4.69) is 18.7 Å². The number of hydrogen-bond donors (Lipinski definition) is 1. The van der Waals surface area contributed by atoms with Crippen molar-refractivity contribution in [1.82, 2.24) is 4.90 Å². The minimum Gasteiger partial charge on any atom is -0.462 e. The maximum Gasteiger partial charge on any atom is 0.508 e. The van der Waals surface area contributed by atoms with Gasteiger partial charge in [0.25, 0.3) is 0 Å². The third kappa shape index (κ3) is 19.5. The smallest absolute Gasteiger partial charge is 0.462 e. The summed E-state index contributed by atoms with van der Waals surface area (Å²) in [6.07, 6.45) is 33.8. The van der Waals surface area contributed by atoms with Gasteiger partial charge in [0.1, 0.15) is 12.7 Å². The van der Waals surface area contributed by atoms with Crippen molar-refractivity contribution in [3.8, 4) is 0 Å². The SMILES string of the molecule is CCCCCCCCC(CCCCCCCC)OC(=O)CCCCCCCN(CCO)CCCCCOC(=O)OCC12CC3CC(CC(C3)C1)C2. The zero-order chi connectivity index (χ0) is 36.4. The molecule has 0 saturated heterocycles. The van der Waals surface area contributed by atoms with Gasteiger partial charge in [0.05, 0.1) is 13.2 Å². The molecule has 4 fully saturated rings. The second-order valence-electron chi connectivity index (χ2n) is 17.2. The van der Waals surface area contributed by atoms with Gasteiger partial charge in [-0.15, -0.1) is 0 Å². The number of ether oxygens (including phenoxy) is 3. The number of carbonyl (C=O) groups is 2. The molecule has 4 saturated carbocycles. The van der Waals surface area contributed by atoms with Crippen LogP contribution in [0.3, 0.4) is 0 Å². The van der Waals surface area contributed by atoms with Crippen LogP contribution in [0.1, 0.15) is 200 Å². The lowest BCUT2D eigenvalue weighted by Crippen LogP contribution is -2.48. The number of hydrogen-bond acceptors (Lipinski definition) is 7. The Bertz CT molecular complexity index is 844. The van der Waals surface area contributed by atoms with Gasteiger partial charge in [-0.25, -0.2) is 4.79 Å². The first kappa shape index (κ1) is 44.1. The van der Waals surface area contributed by atoms with E-state index in [1.807, 2.05) is 0 Å². The van der Waals surface area contributed by atoms with Gasteiger partial charge in [-0.1, -0.05) is 97.3 Å². The van der Waals surface area contributed by atoms with E-state index in [9.17, 15) is 14.7 Å². The van der Waals surface area contributed by atoms with Crippen molar-refractivity contribution in [3.63, 3.8) is 0 Å². The molecule has 0 radical (unpaired) electrons. The molecule has 0 aliphatic heterocycles. The third-order valence-corrected chi connectivity index (χ3v) is 12.3. The molecule has 0 atom stereocenters. The third-order valence-electron chi connectivity index (χ3n) is 12.3. The molecule has 0 aromatic rings. The fourth-order valence-electron chi connectivity index (χ4n) is 9.91. The Hall–Kier alpha value is -1.34. The first-order valence-electron chi connectivity index (χ1n) is 22.3. The maximum absolute atomic E-state index is 12.7. The lowest BCUT2D eigenvalue weighted by Gasteiger charge is -2.56. The van der Waals surface area contributed by atoms with Crippen LogP contribution in [0.2, 0.25) is 0 Å². The highest BCUT2D eigenvalue weighted by molar-refractivity contribution is 5.69. The molecule has 0 amide bonds. The zero-order valence-corrected chi connectivity index (χ0v) is 33.5. The predicted octanol–water partition coefficient (Wildman–Crippen LogP) is 11.6. The Kier molecular flexibility index (Phi) is 23.6. The van der Waals surface area contributed by atoms with E-state index in [0.717, 1.165) is 95.1 Å². The van der Waals surface area contributed by atoms with Gasteiger partial charge >= 0.3 is 12.1 Å². The summed E-state index contributed by atoms with van der Waals surface area (Å²) in [4.78, 5) is 27.3. The second kappa shape index (κ2) is 27.3. The number of aliphatic hydroxyl groups excluding tert-OH is 1. The minimum atomic E-state index is -0.485. The Labute approximate surface area is 314 Å². The van der Waals surface area contributed by atoms with E-state index in [4.69, 9.17) is 14.2 Å². The number of aliphatic hydroxyl groups is 1. The Morgan fingerprint density at radius 1 is 0.627 bits per heavy atom.